The topological polar surface area (TPSA) is 35.5 Å². The smallest absolute Gasteiger partial charge is 0.163 e. The van der Waals surface area contributed by atoms with Crippen LogP contribution < -0.4 is 9.47 Å². The lowest BCUT2D eigenvalue weighted by Crippen LogP contribution is -2.10. The number of rotatable bonds is 5. The predicted molar refractivity (Wildman–Crippen MR) is 84.2 cm³/mol. The normalized spacial score (nSPS) is 13.1. The highest BCUT2D eigenvalue weighted by molar-refractivity contribution is 9.10. The van der Waals surface area contributed by atoms with E-state index in [1.165, 1.54) is 0 Å². The molecule has 4 heteroatoms. The molecule has 3 nitrogen and oxygen atoms in total. The van der Waals surface area contributed by atoms with E-state index < -0.39 is 0 Å². The zero-order chi connectivity index (χ0) is 14.7. The van der Waals surface area contributed by atoms with Gasteiger partial charge in [0.05, 0.1) is 0 Å². The molecule has 0 heterocycles. The fourth-order valence-electron chi connectivity index (χ4n) is 2.44. The highest BCUT2D eigenvalue weighted by Crippen LogP contribution is 2.30. The summed E-state index contributed by atoms with van der Waals surface area (Å²) in [6.07, 6.45) is 1.36. The molecule has 0 saturated carbocycles. The largest absolute Gasteiger partial charge is 0.490 e. The number of fused-ring (bicyclic) bond motifs is 1. The zero-order valence-corrected chi connectivity index (χ0v) is 13.1. The third kappa shape index (κ3) is 3.27. The molecule has 108 valence electrons. The Morgan fingerprint density at radius 1 is 0.952 bits per heavy atom. The molecule has 0 aliphatic heterocycles. The predicted octanol–water partition coefficient (Wildman–Crippen LogP) is 4.04. The Hall–Kier alpha value is -1.81. The molecule has 0 atom stereocenters. The van der Waals surface area contributed by atoms with Crippen LogP contribution in [0.15, 0.2) is 46.9 Å². The number of Topliss-reactive ketones (excluding diaryl/α,β-unsaturated/α-hetero) is 1. The van der Waals surface area contributed by atoms with Crippen LogP contribution in [0.1, 0.15) is 22.3 Å². The third-order valence-corrected chi connectivity index (χ3v) is 3.99. The second-order valence-electron chi connectivity index (χ2n) is 4.86. The second kappa shape index (κ2) is 6.31. The number of ether oxygens (including phenoxy) is 2. The minimum Gasteiger partial charge on any atom is -0.490 e. The van der Waals surface area contributed by atoms with Crippen LogP contribution in [0.25, 0.3) is 0 Å². The van der Waals surface area contributed by atoms with Crippen molar-refractivity contribution in [3.05, 3.63) is 58.1 Å². The molecule has 0 N–H and O–H groups in total. The van der Waals surface area contributed by atoms with Gasteiger partial charge in [-0.25, -0.2) is 0 Å². The van der Waals surface area contributed by atoms with Crippen molar-refractivity contribution in [1.82, 2.24) is 0 Å². The molecule has 1 aliphatic carbocycles. The molecule has 0 aromatic heterocycles. The quantitative estimate of drug-likeness (QED) is 0.766. The average Bonchev–Trinajstić information content (AvgIpc) is 2.88. The van der Waals surface area contributed by atoms with Gasteiger partial charge in [-0.15, -0.1) is 0 Å². The van der Waals surface area contributed by atoms with Gasteiger partial charge >= 0.3 is 0 Å². The molecule has 0 radical (unpaired) electrons. The summed E-state index contributed by atoms with van der Waals surface area (Å²) < 4.78 is 12.4. The minimum atomic E-state index is 0.210. The first-order valence-electron chi connectivity index (χ1n) is 6.90. The highest BCUT2D eigenvalue weighted by atomic mass is 79.9. The Bertz CT molecular complexity index is 650. The maximum atomic E-state index is 11.7. The van der Waals surface area contributed by atoms with E-state index in [4.69, 9.17) is 9.47 Å². The van der Waals surface area contributed by atoms with Gasteiger partial charge in [-0.2, -0.15) is 0 Å². The van der Waals surface area contributed by atoms with Crippen LogP contribution in [0.3, 0.4) is 0 Å². The van der Waals surface area contributed by atoms with Crippen LogP contribution in [0.4, 0.5) is 0 Å². The number of carbonyl (C=O) groups is 1. The van der Waals surface area contributed by atoms with Gasteiger partial charge in [-0.3, -0.25) is 4.79 Å². The molecule has 0 spiro atoms. The van der Waals surface area contributed by atoms with Crippen LogP contribution in [0, 0.1) is 0 Å². The van der Waals surface area contributed by atoms with Crippen molar-refractivity contribution < 1.29 is 14.3 Å². The fourth-order valence-corrected chi connectivity index (χ4v) is 2.70. The van der Waals surface area contributed by atoms with Crippen LogP contribution in [-0.4, -0.2) is 19.0 Å². The molecule has 2 aromatic carbocycles. The first-order chi connectivity index (χ1) is 10.2. The molecular formula is C17H15BrO3. The van der Waals surface area contributed by atoms with Crippen molar-refractivity contribution in [1.29, 1.82) is 0 Å². The summed E-state index contributed by atoms with van der Waals surface area (Å²) >= 11 is 3.38. The number of hydrogen-bond donors (Lipinski definition) is 0. The van der Waals surface area contributed by atoms with E-state index in [-0.39, 0.29) is 5.78 Å². The van der Waals surface area contributed by atoms with Gasteiger partial charge in [-0.05, 0) is 36.8 Å². The third-order valence-electron chi connectivity index (χ3n) is 3.46. The summed E-state index contributed by atoms with van der Waals surface area (Å²) in [7, 11) is 0. The summed E-state index contributed by atoms with van der Waals surface area (Å²) in [6, 6.07) is 13.3. The number of halogens is 1. The van der Waals surface area contributed by atoms with E-state index >= 15 is 0 Å². The minimum absolute atomic E-state index is 0.210. The van der Waals surface area contributed by atoms with Crippen LogP contribution in [-0.2, 0) is 6.42 Å². The lowest BCUT2D eigenvalue weighted by Gasteiger charge is -2.11. The Labute approximate surface area is 132 Å². The van der Waals surface area contributed by atoms with Gasteiger partial charge in [0.15, 0.2) is 5.78 Å². The standard InChI is InChI=1S/C17H15BrO3/c18-12-4-6-13(7-5-12)20-10-11-21-17-3-1-2-14-15(17)8-9-16(14)19/h1-7H,8-11H2. The number of carbonyl (C=O) groups excluding carboxylic acids is 1. The molecule has 0 saturated heterocycles. The molecule has 3 rings (SSSR count). The molecule has 0 amide bonds. The summed E-state index contributed by atoms with van der Waals surface area (Å²) in [6.45, 7) is 0.931. The highest BCUT2D eigenvalue weighted by Gasteiger charge is 2.22. The van der Waals surface area contributed by atoms with Crippen molar-refractivity contribution in [3.8, 4) is 11.5 Å². The Morgan fingerprint density at radius 2 is 1.71 bits per heavy atom. The van der Waals surface area contributed by atoms with Gasteiger partial charge in [0, 0.05) is 22.0 Å². The van der Waals surface area contributed by atoms with Gasteiger partial charge in [0.1, 0.15) is 24.7 Å². The van der Waals surface area contributed by atoms with Crippen molar-refractivity contribution >= 4 is 21.7 Å². The van der Waals surface area contributed by atoms with Crippen molar-refractivity contribution in [2.75, 3.05) is 13.2 Å². The van der Waals surface area contributed by atoms with E-state index in [9.17, 15) is 4.79 Å². The number of hydrogen-bond acceptors (Lipinski definition) is 3. The Balaban J connectivity index is 1.54. The van der Waals surface area contributed by atoms with E-state index in [0.29, 0.717) is 19.6 Å². The van der Waals surface area contributed by atoms with Gasteiger partial charge in [0.25, 0.3) is 0 Å². The average molecular weight is 347 g/mol. The summed E-state index contributed by atoms with van der Waals surface area (Å²) in [5.74, 6) is 1.83. The maximum Gasteiger partial charge on any atom is 0.163 e. The lowest BCUT2D eigenvalue weighted by atomic mass is 10.1. The van der Waals surface area contributed by atoms with E-state index in [0.717, 1.165) is 33.5 Å². The second-order valence-corrected chi connectivity index (χ2v) is 5.77. The zero-order valence-electron chi connectivity index (χ0n) is 11.5. The number of ketones is 1. The van der Waals surface area contributed by atoms with Crippen LogP contribution >= 0.6 is 15.9 Å². The maximum absolute atomic E-state index is 11.7. The molecule has 0 fully saturated rings. The summed E-state index contributed by atoms with van der Waals surface area (Å²) in [5, 5.41) is 0. The Morgan fingerprint density at radius 3 is 2.52 bits per heavy atom. The molecule has 2 aromatic rings. The van der Waals surface area contributed by atoms with Gasteiger partial charge in [-0.1, -0.05) is 28.1 Å². The first kappa shape index (κ1) is 14.1. The molecule has 0 bridgehead atoms. The number of benzene rings is 2. The van der Waals surface area contributed by atoms with Gasteiger partial charge in [0.2, 0.25) is 0 Å². The summed E-state index contributed by atoms with van der Waals surface area (Å²) in [4.78, 5) is 11.7. The fraction of sp³-hybridized carbons (Fsp3) is 0.235. The molecule has 0 unspecified atom stereocenters. The van der Waals surface area contributed by atoms with E-state index in [1.54, 1.807) is 0 Å². The molecule has 1 aliphatic rings. The molecular weight excluding hydrogens is 332 g/mol. The van der Waals surface area contributed by atoms with E-state index in [1.807, 2.05) is 42.5 Å². The monoisotopic (exact) mass is 346 g/mol. The van der Waals surface area contributed by atoms with Gasteiger partial charge < -0.3 is 9.47 Å². The van der Waals surface area contributed by atoms with Crippen LogP contribution in [0.2, 0.25) is 0 Å². The van der Waals surface area contributed by atoms with E-state index in [2.05, 4.69) is 15.9 Å². The molecule has 21 heavy (non-hydrogen) atoms. The van der Waals surface area contributed by atoms with Crippen molar-refractivity contribution in [3.63, 3.8) is 0 Å². The summed E-state index contributed by atoms with van der Waals surface area (Å²) in [5.41, 5.74) is 1.84. The Kier molecular flexibility index (Phi) is 4.25. The SMILES string of the molecule is O=C1CCc2c(OCCOc3ccc(Br)cc3)cccc21. The van der Waals surface area contributed by atoms with Crippen molar-refractivity contribution in [2.45, 2.75) is 12.8 Å². The van der Waals surface area contributed by atoms with Crippen molar-refractivity contribution in [2.24, 2.45) is 0 Å². The van der Waals surface area contributed by atoms with Crippen LogP contribution in [0.5, 0.6) is 11.5 Å². The lowest BCUT2D eigenvalue weighted by molar-refractivity contribution is 0.0994. The first-order valence-corrected chi connectivity index (χ1v) is 7.69.